The van der Waals surface area contributed by atoms with Gasteiger partial charge in [-0.1, -0.05) is 35.0 Å². The van der Waals surface area contributed by atoms with E-state index in [1.165, 1.54) is 12.1 Å². The average Bonchev–Trinajstić information content (AvgIpc) is 2.36. The summed E-state index contributed by atoms with van der Waals surface area (Å²) in [6, 6.07) is 11.0. The molecule has 4 heteroatoms. The molecule has 2 aromatic rings. The van der Waals surface area contributed by atoms with Gasteiger partial charge in [0.15, 0.2) is 0 Å². The van der Waals surface area contributed by atoms with Crippen molar-refractivity contribution in [2.45, 2.75) is 13.5 Å². The molecule has 2 rings (SSSR count). The largest absolute Gasteiger partial charge is 0.391 e. The lowest BCUT2D eigenvalue weighted by Gasteiger charge is -2.00. The number of hydrogen-bond donors (Lipinski definition) is 0. The Morgan fingerprint density at radius 2 is 1.68 bits per heavy atom. The summed E-state index contributed by atoms with van der Waals surface area (Å²) in [5.41, 5.74) is 2.46. The van der Waals surface area contributed by atoms with Gasteiger partial charge in [0.2, 0.25) is 0 Å². The summed E-state index contributed by atoms with van der Waals surface area (Å²) in [6.45, 7) is 2.02. The standard InChI is InChI=1S/C15H13F2NO/c1-11-2-4-12(5-3-11)9-18-19-10-13-6-14(16)8-15(17)7-13/h2-9H,10H2,1H3. The van der Waals surface area contributed by atoms with Crippen molar-refractivity contribution >= 4 is 6.21 Å². The Kier molecular flexibility index (Phi) is 4.23. The van der Waals surface area contributed by atoms with Crippen LogP contribution >= 0.6 is 0 Å². The van der Waals surface area contributed by atoms with Gasteiger partial charge in [-0.3, -0.25) is 0 Å². The predicted molar refractivity (Wildman–Crippen MR) is 69.9 cm³/mol. The number of oxime groups is 1. The lowest BCUT2D eigenvalue weighted by Crippen LogP contribution is -1.91. The van der Waals surface area contributed by atoms with Crippen LogP contribution in [0.15, 0.2) is 47.6 Å². The van der Waals surface area contributed by atoms with E-state index in [0.717, 1.165) is 17.2 Å². The Morgan fingerprint density at radius 3 is 2.32 bits per heavy atom. The zero-order valence-corrected chi connectivity index (χ0v) is 10.4. The molecule has 0 atom stereocenters. The van der Waals surface area contributed by atoms with E-state index in [1.807, 2.05) is 31.2 Å². The van der Waals surface area contributed by atoms with Crippen molar-refractivity contribution < 1.29 is 13.6 Å². The van der Waals surface area contributed by atoms with Crippen LogP contribution in [-0.2, 0) is 11.4 Å². The molecule has 0 unspecified atom stereocenters. The second-order valence-electron chi connectivity index (χ2n) is 4.20. The quantitative estimate of drug-likeness (QED) is 0.605. The molecule has 0 radical (unpaired) electrons. The van der Waals surface area contributed by atoms with Crippen LogP contribution in [0.2, 0.25) is 0 Å². The molecule has 0 fully saturated rings. The van der Waals surface area contributed by atoms with Crippen LogP contribution in [0.5, 0.6) is 0 Å². The lowest BCUT2D eigenvalue weighted by atomic mass is 10.2. The van der Waals surface area contributed by atoms with E-state index in [2.05, 4.69) is 5.16 Å². The minimum Gasteiger partial charge on any atom is -0.391 e. The highest BCUT2D eigenvalue weighted by molar-refractivity contribution is 5.79. The Labute approximate surface area is 110 Å². The minimum atomic E-state index is -0.624. The van der Waals surface area contributed by atoms with Crippen molar-refractivity contribution in [2.24, 2.45) is 5.16 Å². The zero-order valence-electron chi connectivity index (χ0n) is 10.4. The van der Waals surface area contributed by atoms with Crippen LogP contribution in [0.1, 0.15) is 16.7 Å². The first-order chi connectivity index (χ1) is 9.13. The first kappa shape index (κ1) is 13.2. The van der Waals surface area contributed by atoms with E-state index in [1.54, 1.807) is 6.21 Å². The summed E-state index contributed by atoms with van der Waals surface area (Å²) in [5.74, 6) is -1.25. The van der Waals surface area contributed by atoms with Crippen LogP contribution in [0, 0.1) is 18.6 Å². The maximum atomic E-state index is 12.9. The van der Waals surface area contributed by atoms with Gasteiger partial charge in [0, 0.05) is 6.07 Å². The third-order valence-electron chi connectivity index (χ3n) is 2.51. The van der Waals surface area contributed by atoms with E-state index in [9.17, 15) is 8.78 Å². The van der Waals surface area contributed by atoms with Gasteiger partial charge in [0.25, 0.3) is 0 Å². The number of aryl methyl sites for hydroxylation is 1. The third-order valence-corrected chi connectivity index (χ3v) is 2.51. The molecule has 0 N–H and O–H groups in total. The van der Waals surface area contributed by atoms with Crippen LogP contribution < -0.4 is 0 Å². The molecule has 98 valence electrons. The number of nitrogens with zero attached hydrogens (tertiary/aromatic N) is 1. The Hall–Kier alpha value is -2.23. The van der Waals surface area contributed by atoms with Crippen molar-refractivity contribution in [3.05, 3.63) is 70.8 Å². The molecule has 0 spiro atoms. The highest BCUT2D eigenvalue weighted by atomic mass is 19.1. The minimum absolute atomic E-state index is 0.0248. The van der Waals surface area contributed by atoms with Crippen LogP contribution in [-0.4, -0.2) is 6.21 Å². The van der Waals surface area contributed by atoms with Gasteiger partial charge in [-0.2, -0.15) is 0 Å². The maximum Gasteiger partial charge on any atom is 0.142 e. The lowest BCUT2D eigenvalue weighted by molar-refractivity contribution is 0.131. The van der Waals surface area contributed by atoms with E-state index in [4.69, 9.17) is 4.84 Å². The van der Waals surface area contributed by atoms with Gasteiger partial charge in [-0.15, -0.1) is 0 Å². The van der Waals surface area contributed by atoms with Crippen molar-refractivity contribution in [2.75, 3.05) is 0 Å². The molecule has 0 aliphatic carbocycles. The average molecular weight is 261 g/mol. The molecule has 0 saturated carbocycles. The summed E-state index contributed by atoms with van der Waals surface area (Å²) in [5, 5.41) is 3.76. The SMILES string of the molecule is Cc1ccc(C=NOCc2cc(F)cc(F)c2)cc1. The highest BCUT2D eigenvalue weighted by Gasteiger charge is 2.00. The number of rotatable bonds is 4. The molecule has 0 aliphatic heterocycles. The van der Waals surface area contributed by atoms with Crippen LogP contribution in [0.4, 0.5) is 8.78 Å². The summed E-state index contributed by atoms with van der Waals surface area (Å²) in [4.78, 5) is 5.00. The Balaban J connectivity index is 1.91. The van der Waals surface area contributed by atoms with Crippen molar-refractivity contribution in [1.29, 1.82) is 0 Å². The second-order valence-corrected chi connectivity index (χ2v) is 4.20. The number of benzene rings is 2. The van der Waals surface area contributed by atoms with Gasteiger partial charge in [-0.25, -0.2) is 8.78 Å². The van der Waals surface area contributed by atoms with E-state index >= 15 is 0 Å². The van der Waals surface area contributed by atoms with E-state index < -0.39 is 11.6 Å². The smallest absolute Gasteiger partial charge is 0.142 e. The molecule has 19 heavy (non-hydrogen) atoms. The van der Waals surface area contributed by atoms with Gasteiger partial charge in [-0.05, 0) is 30.2 Å². The normalized spacial score (nSPS) is 10.9. The summed E-state index contributed by atoms with van der Waals surface area (Å²) < 4.78 is 25.8. The topological polar surface area (TPSA) is 21.6 Å². The molecule has 2 aromatic carbocycles. The molecule has 0 bridgehead atoms. The van der Waals surface area contributed by atoms with Gasteiger partial charge in [0.05, 0.1) is 6.21 Å². The first-order valence-corrected chi connectivity index (χ1v) is 5.80. The second kappa shape index (κ2) is 6.09. The van der Waals surface area contributed by atoms with Crippen molar-refractivity contribution in [1.82, 2.24) is 0 Å². The molecule has 0 saturated heterocycles. The first-order valence-electron chi connectivity index (χ1n) is 5.80. The molecule has 0 aliphatic rings. The fourth-order valence-corrected chi connectivity index (χ4v) is 1.56. The Morgan fingerprint density at radius 1 is 1.05 bits per heavy atom. The highest BCUT2D eigenvalue weighted by Crippen LogP contribution is 2.09. The van der Waals surface area contributed by atoms with E-state index in [-0.39, 0.29) is 6.61 Å². The van der Waals surface area contributed by atoms with Gasteiger partial charge in [0.1, 0.15) is 18.2 Å². The van der Waals surface area contributed by atoms with Crippen LogP contribution in [0.3, 0.4) is 0 Å². The molecular weight excluding hydrogens is 248 g/mol. The van der Waals surface area contributed by atoms with Gasteiger partial charge >= 0.3 is 0 Å². The fraction of sp³-hybridized carbons (Fsp3) is 0.133. The maximum absolute atomic E-state index is 12.9. The molecule has 0 amide bonds. The van der Waals surface area contributed by atoms with E-state index in [0.29, 0.717) is 5.56 Å². The summed E-state index contributed by atoms with van der Waals surface area (Å²) >= 11 is 0. The number of hydrogen-bond acceptors (Lipinski definition) is 2. The predicted octanol–water partition coefficient (Wildman–Crippen LogP) is 3.82. The summed E-state index contributed by atoms with van der Waals surface area (Å²) in [6.07, 6.45) is 1.55. The van der Waals surface area contributed by atoms with Gasteiger partial charge < -0.3 is 4.84 Å². The molecule has 2 nitrogen and oxygen atoms in total. The molecular formula is C15H13F2NO. The molecule has 0 aromatic heterocycles. The molecule has 0 heterocycles. The number of halogens is 2. The monoisotopic (exact) mass is 261 g/mol. The summed E-state index contributed by atoms with van der Waals surface area (Å²) in [7, 11) is 0. The van der Waals surface area contributed by atoms with Crippen molar-refractivity contribution in [3.63, 3.8) is 0 Å². The van der Waals surface area contributed by atoms with Crippen LogP contribution in [0.25, 0.3) is 0 Å². The fourth-order valence-electron chi connectivity index (χ4n) is 1.56. The van der Waals surface area contributed by atoms with Crippen molar-refractivity contribution in [3.8, 4) is 0 Å². The third kappa shape index (κ3) is 4.17. The zero-order chi connectivity index (χ0) is 13.7. The Bertz CT molecular complexity index is 559.